The van der Waals surface area contributed by atoms with Crippen molar-refractivity contribution in [2.75, 3.05) is 17.7 Å². The van der Waals surface area contributed by atoms with E-state index >= 15 is 0 Å². The van der Waals surface area contributed by atoms with E-state index < -0.39 is 18.4 Å². The van der Waals surface area contributed by atoms with Crippen LogP contribution in [0.4, 0.5) is 29.5 Å². The minimum Gasteiger partial charge on any atom is -0.489 e. The summed E-state index contributed by atoms with van der Waals surface area (Å²) in [6, 6.07) is 16.1. The van der Waals surface area contributed by atoms with Crippen LogP contribution < -0.4 is 20.1 Å². The van der Waals surface area contributed by atoms with Crippen molar-refractivity contribution in [1.29, 1.82) is 0 Å². The number of nitrogens with zero attached hydrogens (tertiary/aromatic N) is 1. The van der Waals surface area contributed by atoms with Gasteiger partial charge < -0.3 is 19.5 Å². The third-order valence-electron chi connectivity index (χ3n) is 4.85. The van der Waals surface area contributed by atoms with Gasteiger partial charge in [-0.2, -0.15) is 5.10 Å². The maximum absolute atomic E-state index is 12.5. The highest BCUT2D eigenvalue weighted by molar-refractivity contribution is 6.05. The number of esters is 1. The van der Waals surface area contributed by atoms with Gasteiger partial charge in [-0.3, -0.25) is 10.4 Å². The van der Waals surface area contributed by atoms with Crippen molar-refractivity contribution in [1.82, 2.24) is 10.2 Å². The fourth-order valence-corrected chi connectivity index (χ4v) is 3.29. The van der Waals surface area contributed by atoms with E-state index in [4.69, 9.17) is 4.74 Å². The Hall–Kier alpha value is -4.74. The number of halogens is 3. The number of carbonyl (C=O) groups is 2. The van der Waals surface area contributed by atoms with Gasteiger partial charge in [0.1, 0.15) is 18.1 Å². The van der Waals surface area contributed by atoms with Gasteiger partial charge >= 0.3 is 18.4 Å². The highest BCUT2D eigenvalue weighted by Gasteiger charge is 2.31. The number of hydrogen-bond donors (Lipinski definition) is 3. The number of fused-ring (bicyclic) bond motifs is 1. The van der Waals surface area contributed by atoms with Crippen LogP contribution in [0.25, 0.3) is 10.9 Å². The highest BCUT2D eigenvalue weighted by Crippen LogP contribution is 2.27. The van der Waals surface area contributed by atoms with Gasteiger partial charge in [-0.1, -0.05) is 18.2 Å². The minimum absolute atomic E-state index is 0.0157. The number of alkyl halides is 3. The number of urea groups is 1. The molecule has 4 aromatic rings. The summed E-state index contributed by atoms with van der Waals surface area (Å²) < 4.78 is 51.6. The number of H-pyrrole nitrogens is 1. The molecule has 0 aliphatic heterocycles. The summed E-state index contributed by atoms with van der Waals surface area (Å²) in [6.45, 7) is -0.0157. The second-order valence-corrected chi connectivity index (χ2v) is 7.41. The molecule has 9 nitrogen and oxygen atoms in total. The number of anilines is 2. The van der Waals surface area contributed by atoms with Crippen LogP contribution in [0.15, 0.2) is 66.7 Å². The summed E-state index contributed by atoms with van der Waals surface area (Å²) in [4.78, 5) is 24.2. The molecule has 186 valence electrons. The van der Waals surface area contributed by atoms with Gasteiger partial charge in [-0.15, -0.1) is 13.2 Å². The number of nitrogens with one attached hydrogen (secondary N) is 3. The number of benzene rings is 3. The van der Waals surface area contributed by atoms with Crippen LogP contribution in [-0.4, -0.2) is 35.7 Å². The first-order chi connectivity index (χ1) is 17.2. The average Bonchev–Trinajstić information content (AvgIpc) is 3.23. The lowest BCUT2D eigenvalue weighted by Gasteiger charge is -2.11. The van der Waals surface area contributed by atoms with Crippen molar-refractivity contribution in [2.24, 2.45) is 0 Å². The average molecular weight is 500 g/mol. The molecule has 3 N–H and O–H groups in total. The van der Waals surface area contributed by atoms with Crippen molar-refractivity contribution in [3.63, 3.8) is 0 Å². The molecular formula is C24H19F3N4O5. The summed E-state index contributed by atoms with van der Waals surface area (Å²) in [5.74, 6) is -0.258. The monoisotopic (exact) mass is 500 g/mol. The lowest BCUT2D eigenvalue weighted by Crippen LogP contribution is -2.20. The van der Waals surface area contributed by atoms with E-state index in [1.54, 1.807) is 42.5 Å². The molecule has 0 radical (unpaired) electrons. The first-order valence-corrected chi connectivity index (χ1v) is 10.4. The second-order valence-electron chi connectivity index (χ2n) is 7.41. The van der Waals surface area contributed by atoms with Crippen LogP contribution in [0.5, 0.6) is 11.5 Å². The zero-order valence-corrected chi connectivity index (χ0v) is 18.7. The van der Waals surface area contributed by atoms with Gasteiger partial charge in [0.25, 0.3) is 0 Å². The Kier molecular flexibility index (Phi) is 6.95. The third kappa shape index (κ3) is 6.23. The smallest absolute Gasteiger partial charge is 0.489 e. The standard InChI is InChI=1S/C24H19F3N4O5/c1-34-22(32)15-5-3-6-16(11-15)28-23(33)29-21-19-12-17(8-9-20(19)30-31-21)35-13-14-4-2-7-18(10-14)36-24(25,26)27/h2-12H,13H2,1H3,(H3,28,29,30,31,33). The van der Waals surface area contributed by atoms with Gasteiger partial charge in [0.05, 0.1) is 18.2 Å². The third-order valence-corrected chi connectivity index (χ3v) is 4.85. The number of ether oxygens (including phenoxy) is 3. The maximum Gasteiger partial charge on any atom is 0.573 e. The zero-order valence-electron chi connectivity index (χ0n) is 18.7. The molecule has 12 heteroatoms. The zero-order chi connectivity index (χ0) is 25.7. The Morgan fingerprint density at radius 2 is 1.78 bits per heavy atom. The van der Waals surface area contributed by atoms with E-state index in [2.05, 4.69) is 30.3 Å². The van der Waals surface area contributed by atoms with E-state index in [1.807, 2.05) is 0 Å². The molecule has 1 heterocycles. The number of carbonyl (C=O) groups excluding carboxylic acids is 2. The van der Waals surface area contributed by atoms with Gasteiger partial charge in [0.2, 0.25) is 0 Å². The Bertz CT molecular complexity index is 1400. The molecule has 0 unspecified atom stereocenters. The maximum atomic E-state index is 12.5. The topological polar surface area (TPSA) is 115 Å². The largest absolute Gasteiger partial charge is 0.573 e. The highest BCUT2D eigenvalue weighted by atomic mass is 19.4. The molecule has 0 bridgehead atoms. The molecule has 0 saturated carbocycles. The van der Waals surface area contributed by atoms with E-state index in [0.717, 1.165) is 0 Å². The van der Waals surface area contributed by atoms with Crippen LogP contribution >= 0.6 is 0 Å². The molecular weight excluding hydrogens is 481 g/mol. The normalized spacial score (nSPS) is 11.1. The number of methoxy groups -OCH3 is 1. The molecule has 3 aromatic carbocycles. The SMILES string of the molecule is COC(=O)c1cccc(NC(=O)Nc2n[nH]c3ccc(OCc4cccc(OC(F)(F)F)c4)cc23)c1. The van der Waals surface area contributed by atoms with Gasteiger partial charge in [-0.25, -0.2) is 9.59 Å². The van der Waals surface area contributed by atoms with Crippen molar-refractivity contribution in [3.8, 4) is 11.5 Å². The molecule has 4 rings (SSSR count). The molecule has 0 aliphatic carbocycles. The summed E-state index contributed by atoms with van der Waals surface area (Å²) >= 11 is 0. The molecule has 0 atom stereocenters. The quantitative estimate of drug-likeness (QED) is 0.290. The van der Waals surface area contributed by atoms with E-state index in [0.29, 0.717) is 27.9 Å². The fourth-order valence-electron chi connectivity index (χ4n) is 3.29. The Labute approximate surface area is 202 Å². The summed E-state index contributed by atoms with van der Waals surface area (Å²) in [5.41, 5.74) is 1.73. The van der Waals surface area contributed by atoms with Crippen LogP contribution in [-0.2, 0) is 11.3 Å². The number of amides is 2. The lowest BCUT2D eigenvalue weighted by molar-refractivity contribution is -0.274. The lowest BCUT2D eigenvalue weighted by atomic mass is 10.2. The Balaban J connectivity index is 1.43. The fraction of sp³-hybridized carbons (Fsp3) is 0.125. The summed E-state index contributed by atoms with van der Waals surface area (Å²) in [5, 5.41) is 12.7. The first kappa shape index (κ1) is 24.4. The van der Waals surface area contributed by atoms with Crippen molar-refractivity contribution in [3.05, 3.63) is 77.9 Å². The second kappa shape index (κ2) is 10.3. The van der Waals surface area contributed by atoms with Crippen LogP contribution in [0.3, 0.4) is 0 Å². The number of rotatable bonds is 7. The van der Waals surface area contributed by atoms with E-state index in [1.165, 1.54) is 31.4 Å². The van der Waals surface area contributed by atoms with Crippen molar-refractivity contribution >= 4 is 34.4 Å². The van der Waals surface area contributed by atoms with Crippen LogP contribution in [0, 0.1) is 0 Å². The van der Waals surface area contributed by atoms with Crippen molar-refractivity contribution in [2.45, 2.75) is 13.0 Å². The van der Waals surface area contributed by atoms with Crippen molar-refractivity contribution < 1.29 is 37.0 Å². The van der Waals surface area contributed by atoms with Gasteiger partial charge in [-0.05, 0) is 54.1 Å². The molecule has 0 fully saturated rings. The number of aromatic amines is 1. The predicted octanol–water partition coefficient (Wildman–Crippen LogP) is 5.47. The van der Waals surface area contributed by atoms with Crippen LogP contribution in [0.2, 0.25) is 0 Å². The molecule has 0 aliphatic rings. The molecule has 36 heavy (non-hydrogen) atoms. The first-order valence-electron chi connectivity index (χ1n) is 10.4. The molecule has 1 aromatic heterocycles. The number of hydrogen-bond acceptors (Lipinski definition) is 6. The summed E-state index contributed by atoms with van der Waals surface area (Å²) in [7, 11) is 1.26. The summed E-state index contributed by atoms with van der Waals surface area (Å²) in [6.07, 6.45) is -4.79. The predicted molar refractivity (Wildman–Crippen MR) is 124 cm³/mol. The van der Waals surface area contributed by atoms with E-state index in [-0.39, 0.29) is 23.7 Å². The number of aromatic nitrogens is 2. The minimum atomic E-state index is -4.79. The van der Waals surface area contributed by atoms with Gasteiger partial charge in [0.15, 0.2) is 5.82 Å². The molecule has 2 amide bonds. The Morgan fingerprint density at radius 3 is 2.56 bits per heavy atom. The van der Waals surface area contributed by atoms with Gasteiger partial charge in [0, 0.05) is 11.1 Å². The van der Waals surface area contributed by atoms with Crippen LogP contribution in [0.1, 0.15) is 15.9 Å². The Morgan fingerprint density at radius 1 is 0.972 bits per heavy atom. The van der Waals surface area contributed by atoms with E-state index in [9.17, 15) is 22.8 Å². The molecule has 0 spiro atoms. The molecule has 0 saturated heterocycles.